The van der Waals surface area contributed by atoms with Crippen molar-refractivity contribution in [2.45, 2.75) is 37.8 Å². The first kappa shape index (κ1) is 12.5. The quantitative estimate of drug-likeness (QED) is 0.878. The SMILES string of the molecule is Nc1nc2c(Cl)cccc2n1C1CCN2CCCC2C1. The summed E-state index contributed by atoms with van der Waals surface area (Å²) in [4.78, 5) is 7.09. The second-order valence-electron chi connectivity index (χ2n) is 5.96. The number of rotatable bonds is 1. The first-order valence-corrected chi connectivity index (χ1v) is 7.78. The van der Waals surface area contributed by atoms with Crippen LogP contribution >= 0.6 is 11.6 Å². The van der Waals surface area contributed by atoms with Crippen molar-refractivity contribution in [2.24, 2.45) is 0 Å². The minimum absolute atomic E-state index is 0.456. The summed E-state index contributed by atoms with van der Waals surface area (Å²) >= 11 is 6.23. The highest BCUT2D eigenvalue weighted by Crippen LogP contribution is 2.37. The predicted octanol–water partition coefficient (Wildman–Crippen LogP) is 3.07. The van der Waals surface area contributed by atoms with Crippen molar-refractivity contribution in [3.63, 3.8) is 0 Å². The van der Waals surface area contributed by atoms with E-state index in [4.69, 9.17) is 17.3 Å². The van der Waals surface area contributed by atoms with Gasteiger partial charge in [0.1, 0.15) is 5.52 Å². The van der Waals surface area contributed by atoms with Crippen LogP contribution in [0.3, 0.4) is 0 Å². The summed E-state index contributed by atoms with van der Waals surface area (Å²) in [6.07, 6.45) is 4.99. The van der Waals surface area contributed by atoms with E-state index in [1.807, 2.05) is 12.1 Å². The number of nitrogens with zero attached hydrogens (tertiary/aromatic N) is 3. The molecule has 0 aliphatic carbocycles. The molecule has 5 heteroatoms. The number of piperidine rings is 1. The maximum absolute atomic E-state index is 6.23. The van der Waals surface area contributed by atoms with Crippen LogP contribution in [0.15, 0.2) is 18.2 Å². The Kier molecular flexibility index (Phi) is 2.89. The molecule has 2 unspecified atom stereocenters. The van der Waals surface area contributed by atoms with Crippen LogP contribution in [0.4, 0.5) is 5.95 Å². The molecule has 1 aromatic heterocycles. The lowest BCUT2D eigenvalue weighted by Gasteiger charge is -2.35. The average molecular weight is 291 g/mol. The third kappa shape index (κ3) is 1.82. The van der Waals surface area contributed by atoms with Gasteiger partial charge in [-0.1, -0.05) is 17.7 Å². The van der Waals surface area contributed by atoms with Gasteiger partial charge in [-0.3, -0.25) is 0 Å². The fourth-order valence-electron chi connectivity index (χ4n) is 3.92. The fraction of sp³-hybridized carbons (Fsp3) is 0.533. The van der Waals surface area contributed by atoms with Gasteiger partial charge in [0.25, 0.3) is 0 Å². The van der Waals surface area contributed by atoms with Crippen molar-refractivity contribution in [1.82, 2.24) is 14.5 Å². The molecule has 20 heavy (non-hydrogen) atoms. The van der Waals surface area contributed by atoms with E-state index >= 15 is 0 Å². The van der Waals surface area contributed by atoms with Gasteiger partial charge in [0, 0.05) is 18.6 Å². The molecule has 4 nitrogen and oxygen atoms in total. The van der Waals surface area contributed by atoms with Gasteiger partial charge in [-0.25, -0.2) is 4.98 Å². The third-order valence-corrected chi connectivity index (χ3v) is 5.16. The highest BCUT2D eigenvalue weighted by molar-refractivity contribution is 6.35. The summed E-state index contributed by atoms with van der Waals surface area (Å²) < 4.78 is 2.21. The highest BCUT2D eigenvalue weighted by atomic mass is 35.5. The molecular weight excluding hydrogens is 272 g/mol. The largest absolute Gasteiger partial charge is 0.369 e. The van der Waals surface area contributed by atoms with E-state index in [9.17, 15) is 0 Å². The molecule has 0 spiro atoms. The Labute approximate surface area is 123 Å². The maximum atomic E-state index is 6.23. The molecule has 1 aromatic carbocycles. The van der Waals surface area contributed by atoms with Crippen molar-refractivity contribution in [1.29, 1.82) is 0 Å². The number of aromatic nitrogens is 2. The Bertz CT molecular complexity index is 651. The van der Waals surface area contributed by atoms with Gasteiger partial charge in [0.15, 0.2) is 0 Å². The zero-order chi connectivity index (χ0) is 13.7. The zero-order valence-corrected chi connectivity index (χ0v) is 12.2. The normalized spacial score (nSPS) is 27.1. The Morgan fingerprint density at radius 3 is 3.00 bits per heavy atom. The van der Waals surface area contributed by atoms with Crippen LogP contribution in [-0.4, -0.2) is 33.6 Å². The topological polar surface area (TPSA) is 47.1 Å². The van der Waals surface area contributed by atoms with Crippen molar-refractivity contribution in [2.75, 3.05) is 18.8 Å². The first-order valence-electron chi connectivity index (χ1n) is 7.40. The van der Waals surface area contributed by atoms with Crippen molar-refractivity contribution >= 4 is 28.6 Å². The molecular formula is C15H19ClN4. The maximum Gasteiger partial charge on any atom is 0.201 e. The molecule has 2 aromatic rings. The Balaban J connectivity index is 1.75. The van der Waals surface area contributed by atoms with E-state index in [0.29, 0.717) is 17.0 Å². The Hall–Kier alpha value is -1.26. The van der Waals surface area contributed by atoms with Crippen molar-refractivity contribution in [3.05, 3.63) is 23.2 Å². The van der Waals surface area contributed by atoms with Crippen molar-refractivity contribution < 1.29 is 0 Å². The van der Waals surface area contributed by atoms with Gasteiger partial charge in [0.2, 0.25) is 5.95 Å². The monoisotopic (exact) mass is 290 g/mol. The fourth-order valence-corrected chi connectivity index (χ4v) is 4.13. The second kappa shape index (κ2) is 4.64. The van der Waals surface area contributed by atoms with Crippen LogP contribution in [0.5, 0.6) is 0 Å². The molecule has 0 amide bonds. The number of imidazole rings is 1. The minimum atomic E-state index is 0.456. The Morgan fingerprint density at radius 2 is 2.10 bits per heavy atom. The smallest absolute Gasteiger partial charge is 0.201 e. The molecule has 106 valence electrons. The number of nitrogen functional groups attached to an aromatic ring is 1. The van der Waals surface area contributed by atoms with Crippen molar-refractivity contribution in [3.8, 4) is 0 Å². The van der Waals surface area contributed by atoms with Crippen LogP contribution in [-0.2, 0) is 0 Å². The van der Waals surface area contributed by atoms with E-state index in [0.717, 1.165) is 23.5 Å². The molecule has 2 saturated heterocycles. The van der Waals surface area contributed by atoms with Gasteiger partial charge in [-0.05, 0) is 44.4 Å². The summed E-state index contributed by atoms with van der Waals surface area (Å²) in [5.41, 5.74) is 8.08. The van der Waals surface area contributed by atoms with E-state index < -0.39 is 0 Å². The molecule has 2 N–H and O–H groups in total. The summed E-state index contributed by atoms with van der Waals surface area (Å²) in [7, 11) is 0. The third-order valence-electron chi connectivity index (χ3n) is 4.86. The number of nitrogens with two attached hydrogens (primary N) is 1. The van der Waals surface area contributed by atoms with E-state index in [-0.39, 0.29) is 0 Å². The van der Waals surface area contributed by atoms with Crippen LogP contribution in [0.2, 0.25) is 5.02 Å². The predicted molar refractivity (Wildman–Crippen MR) is 82.0 cm³/mol. The average Bonchev–Trinajstić information content (AvgIpc) is 3.02. The molecule has 2 atom stereocenters. The molecule has 2 aliphatic heterocycles. The lowest BCUT2D eigenvalue weighted by Crippen LogP contribution is -2.38. The number of hydrogen-bond donors (Lipinski definition) is 1. The van der Waals surface area contributed by atoms with E-state index in [1.54, 1.807) is 0 Å². The molecule has 4 rings (SSSR count). The summed E-state index contributed by atoms with van der Waals surface area (Å²) in [6.45, 7) is 2.44. The van der Waals surface area contributed by atoms with E-state index in [2.05, 4.69) is 20.5 Å². The van der Waals surface area contributed by atoms with Gasteiger partial charge in [-0.15, -0.1) is 0 Å². The summed E-state index contributed by atoms with van der Waals surface area (Å²) in [5, 5.41) is 0.686. The van der Waals surface area contributed by atoms with Gasteiger partial charge in [0.05, 0.1) is 10.5 Å². The highest BCUT2D eigenvalue weighted by Gasteiger charge is 2.33. The molecule has 0 radical (unpaired) electrons. The number of anilines is 1. The second-order valence-corrected chi connectivity index (χ2v) is 6.36. The number of hydrogen-bond acceptors (Lipinski definition) is 3. The summed E-state index contributed by atoms with van der Waals surface area (Å²) in [5.74, 6) is 0.601. The minimum Gasteiger partial charge on any atom is -0.369 e. The number of halogens is 1. The first-order chi connectivity index (χ1) is 9.74. The molecule has 0 bridgehead atoms. The molecule has 0 saturated carbocycles. The summed E-state index contributed by atoms with van der Waals surface area (Å²) in [6, 6.07) is 7.11. The molecule has 2 aliphatic rings. The molecule has 2 fully saturated rings. The van der Waals surface area contributed by atoms with Gasteiger partial charge >= 0.3 is 0 Å². The number of para-hydroxylation sites is 1. The van der Waals surface area contributed by atoms with Gasteiger partial charge in [-0.2, -0.15) is 0 Å². The number of fused-ring (bicyclic) bond motifs is 2. The molecule has 3 heterocycles. The van der Waals surface area contributed by atoms with Gasteiger partial charge < -0.3 is 15.2 Å². The Morgan fingerprint density at radius 1 is 1.20 bits per heavy atom. The lowest BCUT2D eigenvalue weighted by molar-refractivity contribution is 0.158. The lowest BCUT2D eigenvalue weighted by atomic mass is 9.97. The standard InChI is InChI=1S/C15H19ClN4/c16-12-4-1-5-13-14(12)18-15(17)20(13)11-6-8-19-7-2-3-10(19)9-11/h1,4-5,10-11H,2-3,6-9H2,(H2,17,18). The van der Waals surface area contributed by atoms with Crippen LogP contribution in [0.25, 0.3) is 11.0 Å². The van der Waals surface area contributed by atoms with Crippen LogP contribution in [0.1, 0.15) is 31.7 Å². The number of benzene rings is 1. The van der Waals surface area contributed by atoms with Crippen LogP contribution < -0.4 is 5.73 Å². The van der Waals surface area contributed by atoms with Crippen LogP contribution in [0, 0.1) is 0 Å². The zero-order valence-electron chi connectivity index (χ0n) is 11.4. The van der Waals surface area contributed by atoms with E-state index in [1.165, 1.54) is 32.4 Å².